The van der Waals surface area contributed by atoms with Crippen molar-refractivity contribution in [3.8, 4) is 11.5 Å². The minimum absolute atomic E-state index is 0.165. The number of hydrogen-bond donors (Lipinski definition) is 0. The summed E-state index contributed by atoms with van der Waals surface area (Å²) in [4.78, 5) is 16.1. The summed E-state index contributed by atoms with van der Waals surface area (Å²) in [6.45, 7) is 6.40. The molecule has 0 atom stereocenters. The van der Waals surface area contributed by atoms with Gasteiger partial charge < -0.3 is 14.2 Å². The molecule has 0 radical (unpaired) electrons. The first-order valence-electron chi connectivity index (χ1n) is 7.41. The molecular weight excluding hydrogens is 421 g/mol. The second-order valence-corrected chi connectivity index (χ2v) is 5.92. The van der Waals surface area contributed by atoms with Crippen molar-refractivity contribution in [2.75, 3.05) is 13.2 Å². The maximum absolute atomic E-state index is 12.0. The van der Waals surface area contributed by atoms with Crippen LogP contribution in [-0.2, 0) is 11.3 Å². The summed E-state index contributed by atoms with van der Waals surface area (Å²) < 4.78 is 17.4. The lowest BCUT2D eigenvalue weighted by Gasteiger charge is -2.15. The van der Waals surface area contributed by atoms with Crippen LogP contribution in [0, 0.1) is 3.57 Å². The van der Waals surface area contributed by atoms with Crippen LogP contribution < -0.4 is 9.47 Å². The molecule has 2 aromatic rings. The topological polar surface area (TPSA) is 57.7 Å². The van der Waals surface area contributed by atoms with Gasteiger partial charge in [-0.3, -0.25) is 4.98 Å². The van der Waals surface area contributed by atoms with Gasteiger partial charge >= 0.3 is 5.97 Å². The summed E-state index contributed by atoms with van der Waals surface area (Å²) in [5.74, 6) is 0.688. The van der Waals surface area contributed by atoms with E-state index in [1.54, 1.807) is 24.5 Å². The first-order chi connectivity index (χ1) is 11.7. The molecular formula is C18H18INO4. The Morgan fingerprint density at radius 2 is 2.21 bits per heavy atom. The van der Waals surface area contributed by atoms with E-state index in [-0.39, 0.29) is 6.61 Å². The molecule has 0 spiro atoms. The first-order valence-corrected chi connectivity index (χ1v) is 8.49. The third-order valence-corrected chi connectivity index (χ3v) is 3.78. The van der Waals surface area contributed by atoms with Gasteiger partial charge in [-0.2, -0.15) is 0 Å². The number of pyridine rings is 1. The van der Waals surface area contributed by atoms with Gasteiger partial charge in [0, 0.05) is 18.0 Å². The summed E-state index contributed by atoms with van der Waals surface area (Å²) in [7, 11) is 0. The molecule has 0 saturated carbocycles. The summed E-state index contributed by atoms with van der Waals surface area (Å²) >= 11 is 2.12. The van der Waals surface area contributed by atoms with E-state index in [1.165, 1.54) is 6.08 Å². The summed E-state index contributed by atoms with van der Waals surface area (Å²) in [6, 6.07) is 7.13. The van der Waals surface area contributed by atoms with Crippen LogP contribution >= 0.6 is 22.6 Å². The lowest BCUT2D eigenvalue weighted by atomic mass is 10.2. The van der Waals surface area contributed by atoms with Crippen molar-refractivity contribution >= 4 is 28.6 Å². The van der Waals surface area contributed by atoms with Crippen molar-refractivity contribution in [3.63, 3.8) is 0 Å². The quantitative estimate of drug-likeness (QED) is 0.354. The van der Waals surface area contributed by atoms with E-state index < -0.39 is 5.97 Å². The molecule has 0 amide bonds. The number of benzene rings is 1. The smallest absolute Gasteiger partial charge is 0.338 e. The summed E-state index contributed by atoms with van der Waals surface area (Å²) in [5, 5.41) is 0. The Morgan fingerprint density at radius 3 is 2.88 bits per heavy atom. The van der Waals surface area contributed by atoms with E-state index in [0.717, 1.165) is 9.13 Å². The molecule has 5 nitrogen and oxygen atoms in total. The third kappa shape index (κ3) is 4.95. The molecule has 126 valence electrons. The lowest BCUT2D eigenvalue weighted by molar-refractivity contribution is 0.0549. The van der Waals surface area contributed by atoms with Crippen LogP contribution in [0.4, 0.5) is 0 Å². The zero-order chi connectivity index (χ0) is 17.4. The van der Waals surface area contributed by atoms with Gasteiger partial charge in [-0.15, -0.1) is 0 Å². The molecule has 0 aliphatic heterocycles. The number of aromatic nitrogens is 1. The third-order valence-electron chi connectivity index (χ3n) is 2.98. The molecule has 0 aliphatic rings. The van der Waals surface area contributed by atoms with Gasteiger partial charge in [-0.25, -0.2) is 4.79 Å². The van der Waals surface area contributed by atoms with E-state index in [2.05, 4.69) is 34.2 Å². The Balaban J connectivity index is 2.23. The average molecular weight is 439 g/mol. The van der Waals surface area contributed by atoms with Crippen LogP contribution in [0.5, 0.6) is 11.5 Å². The highest BCUT2D eigenvalue weighted by atomic mass is 127. The highest BCUT2D eigenvalue weighted by Gasteiger charge is 2.17. The van der Waals surface area contributed by atoms with Gasteiger partial charge in [0.15, 0.2) is 11.5 Å². The van der Waals surface area contributed by atoms with Gasteiger partial charge in [0.05, 0.1) is 15.7 Å². The van der Waals surface area contributed by atoms with Crippen LogP contribution in [0.25, 0.3) is 0 Å². The van der Waals surface area contributed by atoms with Crippen molar-refractivity contribution < 1.29 is 19.0 Å². The monoisotopic (exact) mass is 439 g/mol. The Kier molecular flexibility index (Phi) is 7.05. The number of halogens is 1. The number of nitrogens with zero attached hydrogens (tertiary/aromatic N) is 1. The number of hydrogen-bond acceptors (Lipinski definition) is 5. The molecule has 1 aromatic carbocycles. The maximum Gasteiger partial charge on any atom is 0.338 e. The van der Waals surface area contributed by atoms with E-state index in [9.17, 15) is 4.79 Å². The molecule has 1 aromatic heterocycles. The van der Waals surface area contributed by atoms with E-state index >= 15 is 0 Å². The fourth-order valence-corrected chi connectivity index (χ4v) is 2.70. The standard InChI is InChI=1S/C18H18INO4/c1-3-8-23-18(21)14-9-15(19)17(16(10-14)22-4-2)24-12-13-6-5-7-20-11-13/h3,5-7,9-11H,1,4,8,12H2,2H3. The van der Waals surface area contributed by atoms with E-state index in [4.69, 9.17) is 14.2 Å². The SMILES string of the molecule is C=CCOC(=O)c1cc(I)c(OCc2cccnc2)c(OCC)c1. The summed E-state index contributed by atoms with van der Waals surface area (Å²) in [6.07, 6.45) is 4.98. The fraction of sp³-hybridized carbons (Fsp3) is 0.222. The number of rotatable bonds is 8. The number of carbonyl (C=O) groups excluding carboxylic acids is 1. The van der Waals surface area contributed by atoms with Crippen LogP contribution in [0.15, 0.2) is 49.3 Å². The first kappa shape index (κ1) is 18.3. The molecule has 0 saturated heterocycles. The average Bonchev–Trinajstić information content (AvgIpc) is 2.60. The predicted molar refractivity (Wildman–Crippen MR) is 99.4 cm³/mol. The van der Waals surface area contributed by atoms with Gasteiger partial charge in [0.25, 0.3) is 0 Å². The van der Waals surface area contributed by atoms with Crippen LogP contribution in [0.2, 0.25) is 0 Å². The van der Waals surface area contributed by atoms with Gasteiger partial charge in [0.1, 0.15) is 13.2 Å². The van der Waals surface area contributed by atoms with Crippen molar-refractivity contribution in [3.05, 3.63) is 64.0 Å². The fourth-order valence-electron chi connectivity index (χ4n) is 1.95. The molecule has 24 heavy (non-hydrogen) atoms. The molecule has 0 bridgehead atoms. The predicted octanol–water partition coefficient (Wildman–Crippen LogP) is 4.01. The van der Waals surface area contributed by atoms with E-state index in [1.807, 2.05) is 19.1 Å². The zero-order valence-electron chi connectivity index (χ0n) is 13.3. The molecule has 0 N–H and O–H groups in total. The normalized spacial score (nSPS) is 10.1. The second-order valence-electron chi connectivity index (χ2n) is 4.76. The molecule has 0 fully saturated rings. The largest absolute Gasteiger partial charge is 0.490 e. The number of carbonyl (C=O) groups is 1. The molecule has 0 unspecified atom stereocenters. The number of ether oxygens (including phenoxy) is 3. The molecule has 1 heterocycles. The highest BCUT2D eigenvalue weighted by Crippen LogP contribution is 2.35. The van der Waals surface area contributed by atoms with Crippen molar-refractivity contribution in [1.29, 1.82) is 0 Å². The van der Waals surface area contributed by atoms with Crippen molar-refractivity contribution in [1.82, 2.24) is 4.98 Å². The lowest BCUT2D eigenvalue weighted by Crippen LogP contribution is -2.08. The molecule has 2 rings (SSSR count). The Bertz CT molecular complexity index is 704. The second kappa shape index (κ2) is 9.27. The minimum Gasteiger partial charge on any atom is -0.490 e. The van der Waals surface area contributed by atoms with Crippen LogP contribution in [0.3, 0.4) is 0 Å². The molecule has 6 heteroatoms. The Labute approximate surface area is 154 Å². The Morgan fingerprint density at radius 1 is 1.38 bits per heavy atom. The van der Waals surface area contributed by atoms with Crippen molar-refractivity contribution in [2.45, 2.75) is 13.5 Å². The number of esters is 1. The van der Waals surface area contributed by atoms with Crippen LogP contribution in [0.1, 0.15) is 22.8 Å². The van der Waals surface area contributed by atoms with Crippen LogP contribution in [-0.4, -0.2) is 24.2 Å². The van der Waals surface area contributed by atoms with Crippen molar-refractivity contribution in [2.24, 2.45) is 0 Å². The Hall–Kier alpha value is -2.09. The zero-order valence-corrected chi connectivity index (χ0v) is 15.5. The minimum atomic E-state index is -0.424. The van der Waals surface area contributed by atoms with Gasteiger partial charge in [-0.05, 0) is 47.7 Å². The van der Waals surface area contributed by atoms with Gasteiger partial charge in [-0.1, -0.05) is 18.7 Å². The maximum atomic E-state index is 12.0. The molecule has 0 aliphatic carbocycles. The van der Waals surface area contributed by atoms with Gasteiger partial charge in [0.2, 0.25) is 0 Å². The summed E-state index contributed by atoms with van der Waals surface area (Å²) in [5.41, 5.74) is 1.36. The van der Waals surface area contributed by atoms with E-state index in [0.29, 0.717) is 30.3 Å². The highest BCUT2D eigenvalue weighted by molar-refractivity contribution is 14.1.